The molecule has 1 amide bonds. The molecule has 7 nitrogen and oxygen atoms in total. The predicted molar refractivity (Wildman–Crippen MR) is 99.5 cm³/mol. The normalized spacial score (nSPS) is 27.0. The highest BCUT2D eigenvalue weighted by Crippen LogP contribution is 2.40. The Kier molecular flexibility index (Phi) is 5.82. The number of aliphatic hydroxyl groups excluding tert-OH is 1. The topological polar surface area (TPSA) is 107 Å². The number of aromatic nitrogens is 1. The molecular weight excluding hydrogens is 334 g/mol. The zero-order valence-electron chi connectivity index (χ0n) is 16.4. The fourth-order valence-corrected chi connectivity index (χ4v) is 3.12. The highest BCUT2D eigenvalue weighted by atomic mass is 16.6. The van der Waals surface area contributed by atoms with Crippen LogP contribution in [-0.2, 0) is 9.47 Å². The fourth-order valence-electron chi connectivity index (χ4n) is 3.12. The minimum absolute atomic E-state index is 0.326. The number of amides is 1. The van der Waals surface area contributed by atoms with Crippen molar-refractivity contribution in [2.24, 2.45) is 5.41 Å². The van der Waals surface area contributed by atoms with Crippen LogP contribution in [0.4, 0.5) is 10.5 Å². The van der Waals surface area contributed by atoms with Crippen LogP contribution < -0.4 is 11.1 Å². The Balaban J connectivity index is 2.25. The van der Waals surface area contributed by atoms with E-state index in [1.165, 1.54) is 0 Å². The monoisotopic (exact) mass is 365 g/mol. The van der Waals surface area contributed by atoms with Crippen LogP contribution in [0.5, 0.6) is 0 Å². The van der Waals surface area contributed by atoms with E-state index in [1.807, 2.05) is 26.8 Å². The van der Waals surface area contributed by atoms with Crippen molar-refractivity contribution in [3.05, 3.63) is 24.0 Å². The van der Waals surface area contributed by atoms with Gasteiger partial charge < -0.3 is 25.6 Å². The number of nitrogens with zero attached hydrogens (tertiary/aromatic N) is 1. The van der Waals surface area contributed by atoms with Crippen molar-refractivity contribution in [3.8, 4) is 0 Å². The maximum Gasteiger partial charge on any atom is 0.407 e. The van der Waals surface area contributed by atoms with Crippen molar-refractivity contribution >= 4 is 11.8 Å². The minimum atomic E-state index is -0.859. The van der Waals surface area contributed by atoms with E-state index in [4.69, 9.17) is 15.2 Å². The van der Waals surface area contributed by atoms with Crippen LogP contribution in [0.3, 0.4) is 0 Å². The highest BCUT2D eigenvalue weighted by Gasteiger charge is 2.45. The van der Waals surface area contributed by atoms with Gasteiger partial charge in [0, 0.05) is 18.2 Å². The third-order valence-corrected chi connectivity index (χ3v) is 4.29. The second kappa shape index (κ2) is 7.40. The number of hydrogen-bond donors (Lipinski definition) is 3. The molecule has 1 aromatic rings. The van der Waals surface area contributed by atoms with Crippen molar-refractivity contribution in [2.75, 3.05) is 5.73 Å². The van der Waals surface area contributed by atoms with E-state index in [9.17, 15) is 9.90 Å². The van der Waals surface area contributed by atoms with Crippen LogP contribution in [-0.4, -0.2) is 40.0 Å². The molecule has 0 aliphatic carbocycles. The quantitative estimate of drug-likeness (QED) is 0.744. The Hall–Kier alpha value is -1.86. The van der Waals surface area contributed by atoms with E-state index >= 15 is 0 Å². The van der Waals surface area contributed by atoms with Gasteiger partial charge >= 0.3 is 6.09 Å². The van der Waals surface area contributed by atoms with Crippen LogP contribution in [0, 0.1) is 5.41 Å². The van der Waals surface area contributed by atoms with Gasteiger partial charge in [0.1, 0.15) is 11.7 Å². The summed E-state index contributed by atoms with van der Waals surface area (Å²) in [6.07, 6.45) is 1.37. The SMILES string of the molecule is CC(C)(C)OC(=O)N[C@@H]1C[C@@H](c2ccncc2N)O[C@@H](C(C)(C)C)[C@@H]1O. The van der Waals surface area contributed by atoms with Crippen LogP contribution in [0.2, 0.25) is 0 Å². The number of alkyl carbamates (subject to hydrolysis) is 1. The first-order valence-electron chi connectivity index (χ1n) is 8.91. The molecule has 1 fully saturated rings. The number of rotatable bonds is 2. The molecule has 1 aromatic heterocycles. The lowest BCUT2D eigenvalue weighted by molar-refractivity contribution is -0.171. The molecule has 4 N–H and O–H groups in total. The number of pyridine rings is 1. The number of carbonyl (C=O) groups excluding carboxylic acids is 1. The first-order chi connectivity index (χ1) is 11.9. The highest BCUT2D eigenvalue weighted by molar-refractivity contribution is 5.68. The van der Waals surface area contributed by atoms with Crippen LogP contribution in [0.1, 0.15) is 59.6 Å². The van der Waals surface area contributed by atoms with Gasteiger partial charge in [-0.1, -0.05) is 20.8 Å². The standard InChI is InChI=1S/C19H31N3O4/c1-18(2,3)16-15(23)13(22-17(24)26-19(4,5)6)9-14(25-16)11-7-8-21-10-12(11)20/h7-8,10,13-16,23H,9,20H2,1-6H3,(H,22,24)/t13-,14+,15-,16-/m1/s1. The summed E-state index contributed by atoms with van der Waals surface area (Å²) in [5, 5.41) is 13.6. The molecule has 0 spiro atoms. The molecule has 0 saturated carbocycles. The lowest BCUT2D eigenvalue weighted by atomic mass is 9.79. The molecule has 0 aromatic carbocycles. The predicted octanol–water partition coefficient (Wildman–Crippen LogP) is 2.79. The average Bonchev–Trinajstić information content (AvgIpc) is 2.47. The van der Waals surface area contributed by atoms with Crippen molar-refractivity contribution in [1.82, 2.24) is 10.3 Å². The average molecular weight is 365 g/mol. The van der Waals surface area contributed by atoms with E-state index < -0.39 is 29.9 Å². The molecular formula is C19H31N3O4. The van der Waals surface area contributed by atoms with Gasteiger partial charge in [0.05, 0.1) is 30.1 Å². The number of aliphatic hydroxyl groups is 1. The first kappa shape index (κ1) is 20.5. The molecule has 0 bridgehead atoms. The lowest BCUT2D eigenvalue weighted by Gasteiger charge is -2.45. The van der Waals surface area contributed by atoms with Gasteiger partial charge in [-0.2, -0.15) is 0 Å². The Morgan fingerprint density at radius 3 is 2.54 bits per heavy atom. The van der Waals surface area contributed by atoms with Gasteiger partial charge in [0.15, 0.2) is 0 Å². The second-order valence-corrected chi connectivity index (χ2v) is 8.89. The fraction of sp³-hybridized carbons (Fsp3) is 0.684. The molecule has 0 radical (unpaired) electrons. The van der Waals surface area contributed by atoms with Gasteiger partial charge in [0.2, 0.25) is 0 Å². The molecule has 4 atom stereocenters. The van der Waals surface area contributed by atoms with E-state index in [0.29, 0.717) is 12.1 Å². The largest absolute Gasteiger partial charge is 0.444 e. The molecule has 1 aliphatic rings. The van der Waals surface area contributed by atoms with Gasteiger partial charge in [0.25, 0.3) is 0 Å². The van der Waals surface area contributed by atoms with Gasteiger partial charge in [-0.05, 0) is 32.3 Å². The molecule has 2 heterocycles. The molecule has 2 rings (SSSR count). The number of hydrogen-bond acceptors (Lipinski definition) is 6. The number of ether oxygens (including phenoxy) is 2. The summed E-state index contributed by atoms with van der Waals surface area (Å²) in [5.74, 6) is 0. The summed E-state index contributed by atoms with van der Waals surface area (Å²) in [4.78, 5) is 16.2. The Labute approximate surface area is 155 Å². The van der Waals surface area contributed by atoms with Gasteiger partial charge in [-0.3, -0.25) is 4.98 Å². The van der Waals surface area contributed by atoms with Crippen LogP contribution >= 0.6 is 0 Å². The Morgan fingerprint density at radius 2 is 2.00 bits per heavy atom. The molecule has 0 unspecified atom stereocenters. The van der Waals surface area contributed by atoms with Gasteiger partial charge in [-0.25, -0.2) is 4.79 Å². The third-order valence-electron chi connectivity index (χ3n) is 4.29. The lowest BCUT2D eigenvalue weighted by Crippen LogP contribution is -2.57. The van der Waals surface area contributed by atoms with Crippen LogP contribution in [0.25, 0.3) is 0 Å². The minimum Gasteiger partial charge on any atom is -0.444 e. The molecule has 1 saturated heterocycles. The van der Waals surface area contributed by atoms with E-state index in [0.717, 1.165) is 5.56 Å². The zero-order valence-corrected chi connectivity index (χ0v) is 16.4. The van der Waals surface area contributed by atoms with Crippen molar-refractivity contribution < 1.29 is 19.4 Å². The maximum atomic E-state index is 12.2. The van der Waals surface area contributed by atoms with Crippen molar-refractivity contribution in [1.29, 1.82) is 0 Å². The summed E-state index contributed by atoms with van der Waals surface area (Å²) in [5.41, 5.74) is 6.44. The molecule has 26 heavy (non-hydrogen) atoms. The van der Waals surface area contributed by atoms with Gasteiger partial charge in [-0.15, -0.1) is 0 Å². The van der Waals surface area contributed by atoms with Crippen molar-refractivity contribution in [2.45, 2.75) is 77.9 Å². The smallest absolute Gasteiger partial charge is 0.407 e. The Morgan fingerprint density at radius 1 is 1.35 bits per heavy atom. The number of nitrogen functional groups attached to an aromatic ring is 1. The Bertz CT molecular complexity index is 636. The first-order valence-corrected chi connectivity index (χ1v) is 8.91. The van der Waals surface area contributed by atoms with E-state index in [1.54, 1.807) is 33.2 Å². The molecule has 1 aliphatic heterocycles. The number of anilines is 1. The molecule has 146 valence electrons. The maximum absolute atomic E-state index is 12.2. The second-order valence-electron chi connectivity index (χ2n) is 8.89. The number of carbonyl (C=O) groups is 1. The summed E-state index contributed by atoms with van der Waals surface area (Å²) in [7, 11) is 0. The summed E-state index contributed by atoms with van der Waals surface area (Å²) in [6.45, 7) is 11.4. The summed E-state index contributed by atoms with van der Waals surface area (Å²) >= 11 is 0. The van der Waals surface area contributed by atoms with Crippen LogP contribution in [0.15, 0.2) is 18.5 Å². The van der Waals surface area contributed by atoms with E-state index in [2.05, 4.69) is 10.3 Å². The number of nitrogens with one attached hydrogen (secondary N) is 1. The number of nitrogens with two attached hydrogens (primary N) is 1. The molecule has 7 heteroatoms. The summed E-state index contributed by atoms with van der Waals surface area (Å²) in [6, 6.07) is 1.29. The van der Waals surface area contributed by atoms with Crippen molar-refractivity contribution in [3.63, 3.8) is 0 Å². The third kappa shape index (κ3) is 5.08. The zero-order chi connectivity index (χ0) is 19.7. The summed E-state index contributed by atoms with van der Waals surface area (Å²) < 4.78 is 11.5. The van der Waals surface area contributed by atoms with E-state index in [-0.39, 0.29) is 11.5 Å².